The van der Waals surface area contributed by atoms with Crippen molar-refractivity contribution in [2.45, 2.75) is 46.3 Å². The number of nitrogens with one attached hydrogen (secondary N) is 2. The summed E-state index contributed by atoms with van der Waals surface area (Å²) in [5.74, 6) is -6.69. The number of hydrogen-bond acceptors (Lipinski definition) is 7. The number of sulfonamides is 1. The molecule has 42 heavy (non-hydrogen) atoms. The minimum absolute atomic E-state index is 0.0326. The summed E-state index contributed by atoms with van der Waals surface area (Å²) in [6, 6.07) is 7.48. The van der Waals surface area contributed by atoms with Gasteiger partial charge >= 0.3 is 0 Å². The van der Waals surface area contributed by atoms with Crippen LogP contribution in [0.5, 0.6) is 0 Å². The van der Waals surface area contributed by atoms with Crippen molar-refractivity contribution in [2.75, 3.05) is 11.9 Å². The highest BCUT2D eigenvalue weighted by atomic mass is 35.5. The minimum atomic E-state index is -4.14. The third kappa shape index (κ3) is 5.65. The molecule has 0 aliphatic heterocycles. The van der Waals surface area contributed by atoms with Crippen LogP contribution in [0, 0.1) is 29.3 Å². The Balaban J connectivity index is 1.33. The van der Waals surface area contributed by atoms with Gasteiger partial charge in [0, 0.05) is 42.3 Å². The Bertz CT molecular complexity index is 1720. The summed E-state index contributed by atoms with van der Waals surface area (Å²) < 4.78 is 95.7. The Kier molecular flexibility index (Phi) is 8.13. The third-order valence-corrected chi connectivity index (χ3v) is 12.1. The van der Waals surface area contributed by atoms with Crippen LogP contribution in [0.25, 0.3) is 0 Å². The van der Waals surface area contributed by atoms with Crippen molar-refractivity contribution in [1.29, 1.82) is 0 Å². The van der Waals surface area contributed by atoms with E-state index in [1.807, 2.05) is 0 Å². The standard InChI is InChI=1S/C27H25ClF3N3O6S2/c28-21-6-3-15(26(35)34-18-11-22(29)25(31)23(30)12-18)8-24(21)41(37,38)20-9-16-4-5-17(10-20)27(16,36)14-33-42(39,40)19-2-1-7-32-13-19/h1-3,6-8,11-13,16-17,20,33,36H,4-5,9-10,14H2,(H,34,35). The fraction of sp³-hybridized carbons (Fsp3) is 0.333. The average Bonchev–Trinajstić information content (AvgIpc) is 3.10. The highest BCUT2D eigenvalue weighted by Gasteiger charge is 2.56. The lowest BCUT2D eigenvalue weighted by Crippen LogP contribution is -2.54. The number of aromatic nitrogens is 1. The predicted octanol–water partition coefficient (Wildman–Crippen LogP) is 4.08. The Hall–Kier alpha value is -3.04. The summed E-state index contributed by atoms with van der Waals surface area (Å²) in [6.07, 6.45) is 3.65. The van der Waals surface area contributed by atoms with Gasteiger partial charge in [0.25, 0.3) is 5.91 Å². The van der Waals surface area contributed by atoms with E-state index in [9.17, 15) is 39.9 Å². The van der Waals surface area contributed by atoms with Gasteiger partial charge in [0.15, 0.2) is 27.3 Å². The number of anilines is 1. The van der Waals surface area contributed by atoms with Crippen molar-refractivity contribution in [3.05, 3.63) is 82.9 Å². The van der Waals surface area contributed by atoms with Gasteiger partial charge in [0.1, 0.15) is 4.90 Å². The number of nitrogens with zero attached hydrogens (tertiary/aromatic N) is 1. The summed E-state index contributed by atoms with van der Waals surface area (Å²) in [5, 5.41) is 12.6. The van der Waals surface area contributed by atoms with Crippen LogP contribution in [-0.4, -0.2) is 50.2 Å². The lowest BCUT2D eigenvalue weighted by atomic mass is 9.74. The molecule has 15 heteroatoms. The molecule has 0 spiro atoms. The number of rotatable bonds is 8. The number of pyridine rings is 1. The fourth-order valence-corrected chi connectivity index (χ4v) is 9.27. The first-order valence-corrected chi connectivity index (χ1v) is 16.2. The molecule has 0 radical (unpaired) electrons. The van der Waals surface area contributed by atoms with Gasteiger partial charge in [-0.1, -0.05) is 11.6 Å². The molecule has 5 rings (SSSR count). The molecule has 2 aliphatic rings. The minimum Gasteiger partial charge on any atom is -0.388 e. The van der Waals surface area contributed by atoms with Crippen LogP contribution in [0.1, 0.15) is 36.0 Å². The van der Waals surface area contributed by atoms with Gasteiger partial charge in [0.2, 0.25) is 10.0 Å². The average molecular weight is 644 g/mol. The maximum absolute atomic E-state index is 13.7. The lowest BCUT2D eigenvalue weighted by Gasteiger charge is -2.42. The van der Waals surface area contributed by atoms with E-state index in [4.69, 9.17) is 11.6 Å². The van der Waals surface area contributed by atoms with Crippen molar-refractivity contribution < 1.29 is 39.9 Å². The first-order valence-electron chi connectivity index (χ1n) is 12.8. The molecule has 2 fully saturated rings. The van der Waals surface area contributed by atoms with Crippen LogP contribution in [0.4, 0.5) is 18.9 Å². The molecule has 224 valence electrons. The van der Waals surface area contributed by atoms with Crippen molar-refractivity contribution in [3.63, 3.8) is 0 Å². The second-order valence-corrected chi connectivity index (χ2v) is 14.8. The smallest absolute Gasteiger partial charge is 0.255 e. The molecule has 2 saturated carbocycles. The molecule has 2 atom stereocenters. The molecule has 9 nitrogen and oxygen atoms in total. The van der Waals surface area contributed by atoms with E-state index in [-0.39, 0.29) is 45.5 Å². The Labute approximate surface area is 245 Å². The predicted molar refractivity (Wildman–Crippen MR) is 147 cm³/mol. The van der Waals surface area contributed by atoms with Gasteiger partial charge < -0.3 is 10.4 Å². The van der Waals surface area contributed by atoms with Crippen molar-refractivity contribution in [2.24, 2.45) is 11.8 Å². The molecular weight excluding hydrogens is 619 g/mol. The number of hydrogen-bond donors (Lipinski definition) is 3. The fourth-order valence-electron chi connectivity index (χ4n) is 5.83. The summed E-state index contributed by atoms with van der Waals surface area (Å²) >= 11 is 6.24. The molecule has 2 bridgehead atoms. The topological polar surface area (TPSA) is 143 Å². The zero-order valence-corrected chi connectivity index (χ0v) is 24.1. The maximum Gasteiger partial charge on any atom is 0.255 e. The molecule has 3 N–H and O–H groups in total. The van der Waals surface area contributed by atoms with Crippen LogP contribution in [-0.2, 0) is 19.9 Å². The molecule has 2 aromatic carbocycles. The van der Waals surface area contributed by atoms with Gasteiger partial charge in [-0.25, -0.2) is 34.7 Å². The molecule has 3 aromatic rings. The number of carbonyl (C=O) groups excluding carboxylic acids is 1. The summed E-state index contributed by atoms with van der Waals surface area (Å²) in [6.45, 7) is -0.298. The molecule has 1 aromatic heterocycles. The Morgan fingerprint density at radius 3 is 2.26 bits per heavy atom. The number of fused-ring (bicyclic) bond motifs is 2. The van der Waals surface area contributed by atoms with Crippen molar-refractivity contribution in [1.82, 2.24) is 9.71 Å². The molecule has 0 saturated heterocycles. The molecule has 2 aliphatic carbocycles. The summed E-state index contributed by atoms with van der Waals surface area (Å²) in [7, 11) is -8.10. The lowest BCUT2D eigenvalue weighted by molar-refractivity contribution is -0.0525. The van der Waals surface area contributed by atoms with E-state index < -0.39 is 65.9 Å². The van der Waals surface area contributed by atoms with E-state index >= 15 is 0 Å². The van der Waals surface area contributed by atoms with Gasteiger partial charge in [-0.05, 0) is 67.9 Å². The molecule has 1 heterocycles. The maximum atomic E-state index is 13.7. The van der Waals surface area contributed by atoms with Gasteiger partial charge in [-0.3, -0.25) is 9.78 Å². The zero-order chi connectivity index (χ0) is 30.4. The summed E-state index contributed by atoms with van der Waals surface area (Å²) in [5.41, 5.74) is -2.02. The second-order valence-electron chi connectivity index (χ2n) is 10.5. The number of halogens is 4. The van der Waals surface area contributed by atoms with E-state index in [1.54, 1.807) is 0 Å². The highest BCUT2D eigenvalue weighted by Crippen LogP contribution is 2.52. The van der Waals surface area contributed by atoms with Gasteiger partial charge in [-0.2, -0.15) is 0 Å². The van der Waals surface area contributed by atoms with E-state index in [0.717, 1.165) is 6.07 Å². The van der Waals surface area contributed by atoms with Gasteiger partial charge in [0.05, 0.1) is 20.8 Å². The molecular formula is C27H25ClF3N3O6S2. The number of sulfone groups is 1. The Morgan fingerprint density at radius 2 is 1.67 bits per heavy atom. The first kappa shape index (κ1) is 30.4. The summed E-state index contributed by atoms with van der Waals surface area (Å²) in [4.78, 5) is 16.2. The zero-order valence-electron chi connectivity index (χ0n) is 21.7. The molecule has 1 amide bonds. The van der Waals surface area contributed by atoms with E-state index in [0.29, 0.717) is 25.0 Å². The van der Waals surface area contributed by atoms with Crippen LogP contribution in [0.2, 0.25) is 5.02 Å². The molecule has 2 unspecified atom stereocenters. The second kappa shape index (κ2) is 11.2. The van der Waals surface area contributed by atoms with Crippen LogP contribution < -0.4 is 10.0 Å². The number of carbonyl (C=O) groups is 1. The van der Waals surface area contributed by atoms with E-state index in [1.165, 1.54) is 36.7 Å². The van der Waals surface area contributed by atoms with E-state index in [2.05, 4.69) is 15.0 Å². The monoisotopic (exact) mass is 643 g/mol. The van der Waals surface area contributed by atoms with Crippen molar-refractivity contribution in [3.8, 4) is 0 Å². The quantitative estimate of drug-likeness (QED) is 0.314. The first-order chi connectivity index (χ1) is 19.7. The number of amides is 1. The number of aliphatic hydroxyl groups is 1. The Morgan fingerprint density at radius 1 is 1.02 bits per heavy atom. The normalized spacial score (nSPS) is 24.0. The van der Waals surface area contributed by atoms with Crippen molar-refractivity contribution >= 4 is 43.1 Å². The van der Waals surface area contributed by atoms with Crippen LogP contribution >= 0.6 is 11.6 Å². The SMILES string of the molecule is O=C(Nc1cc(F)c(F)c(F)c1)c1ccc(Cl)c(S(=O)(=O)C2CC3CCC(C2)C3(O)CNS(=O)(=O)c2cccnc2)c1. The number of benzene rings is 2. The van der Waals surface area contributed by atoms with Crippen LogP contribution in [0.15, 0.2) is 64.6 Å². The van der Waals surface area contributed by atoms with Gasteiger partial charge in [-0.15, -0.1) is 0 Å². The van der Waals surface area contributed by atoms with Crippen LogP contribution in [0.3, 0.4) is 0 Å². The highest BCUT2D eigenvalue weighted by molar-refractivity contribution is 7.92. The third-order valence-electron chi connectivity index (χ3n) is 8.04. The largest absolute Gasteiger partial charge is 0.388 e.